The van der Waals surface area contributed by atoms with E-state index >= 15 is 0 Å². The van der Waals surface area contributed by atoms with E-state index in [1.54, 1.807) is 0 Å². The van der Waals surface area contributed by atoms with Crippen molar-refractivity contribution >= 4 is 23.8 Å². The smallest absolute Gasteiger partial charge is 0 e. The third kappa shape index (κ3) is 6.53. The summed E-state index contributed by atoms with van der Waals surface area (Å²) in [6.45, 7) is 5.41. The number of benzene rings is 2. The molecule has 3 heteroatoms. The Hall–Kier alpha value is -1.95. The second-order valence-electron chi connectivity index (χ2n) is 6.61. The van der Waals surface area contributed by atoms with E-state index in [1.165, 1.54) is 21.5 Å². The molecule has 1 atom stereocenters. The average molecular weight is 441 g/mol. The van der Waals surface area contributed by atoms with Crippen LogP contribution in [0.15, 0.2) is 109 Å². The van der Waals surface area contributed by atoms with E-state index < -0.39 is 7.92 Å². The van der Waals surface area contributed by atoms with Gasteiger partial charge in [0.2, 0.25) is 0 Å². The third-order valence-corrected chi connectivity index (χ3v) is 7.15. The summed E-state index contributed by atoms with van der Waals surface area (Å²) >= 11 is 0. The molecule has 0 heterocycles. The van der Waals surface area contributed by atoms with Crippen LogP contribution in [0.25, 0.3) is 0 Å². The van der Waals surface area contributed by atoms with Gasteiger partial charge in [0.1, 0.15) is 0 Å². The Morgan fingerprint density at radius 1 is 0.793 bits per heavy atom. The molecular formula is C26H28FeNP-6. The van der Waals surface area contributed by atoms with Gasteiger partial charge >= 0.3 is 0 Å². The summed E-state index contributed by atoms with van der Waals surface area (Å²) in [5.74, 6) is 0. The van der Waals surface area contributed by atoms with Gasteiger partial charge in [0.15, 0.2) is 0 Å². The second-order valence-corrected chi connectivity index (χ2v) is 8.80. The molecule has 0 aliphatic rings. The minimum absolute atomic E-state index is 0. The zero-order valence-electron chi connectivity index (χ0n) is 17.0. The fourth-order valence-electron chi connectivity index (χ4n) is 3.31. The summed E-state index contributed by atoms with van der Waals surface area (Å²) in [5.41, 5.74) is 1.42. The molecular weight excluding hydrogens is 413 g/mol. The molecule has 0 saturated carbocycles. The number of hydrogen-bond donors (Lipinski definition) is 1. The van der Waals surface area contributed by atoms with Gasteiger partial charge in [-0.2, -0.15) is 6.07 Å². The minimum Gasteiger partial charge on any atom is -0.748 e. The maximum absolute atomic E-state index is 3.56. The van der Waals surface area contributed by atoms with Crippen LogP contribution in [0.4, 0.5) is 0 Å². The zero-order valence-corrected chi connectivity index (χ0v) is 19.0. The van der Waals surface area contributed by atoms with Crippen molar-refractivity contribution in [3.8, 4) is 0 Å². The van der Waals surface area contributed by atoms with Crippen LogP contribution in [0, 0.1) is 0 Å². The first-order valence-corrected chi connectivity index (χ1v) is 11.2. The van der Waals surface area contributed by atoms with Gasteiger partial charge in [-0.3, -0.25) is 0 Å². The molecule has 29 heavy (non-hydrogen) atoms. The first-order valence-electron chi connectivity index (χ1n) is 9.87. The summed E-state index contributed by atoms with van der Waals surface area (Å²) in [6, 6.07) is 38.9. The maximum atomic E-state index is 3.56. The largest absolute Gasteiger partial charge is 0.748 e. The Labute approximate surface area is 187 Å². The van der Waals surface area contributed by atoms with E-state index in [0.717, 1.165) is 6.54 Å². The van der Waals surface area contributed by atoms with Crippen molar-refractivity contribution in [2.24, 2.45) is 0 Å². The number of rotatable bonds is 6. The summed E-state index contributed by atoms with van der Waals surface area (Å²) in [4.78, 5) is 0. The van der Waals surface area contributed by atoms with Crippen LogP contribution in [-0.4, -0.2) is 6.54 Å². The second kappa shape index (κ2) is 12.6. The molecule has 4 rings (SSSR count). The van der Waals surface area contributed by atoms with E-state index in [2.05, 4.69) is 98.0 Å². The van der Waals surface area contributed by atoms with Gasteiger partial charge in [-0.05, 0) is 31.1 Å². The molecule has 0 amide bonds. The molecule has 1 nitrogen and oxygen atoms in total. The van der Waals surface area contributed by atoms with E-state index in [-0.39, 0.29) is 17.1 Å². The van der Waals surface area contributed by atoms with E-state index in [9.17, 15) is 0 Å². The SMILES string of the molecule is CCN[C@H](C)[c-]1cccc1P(c1ccccc1)c1ccccc1.[Fe].[cH-]1[cH-][cH-][cH-][cH-]1. The normalized spacial score (nSPS) is 11.3. The molecule has 0 bridgehead atoms. The van der Waals surface area contributed by atoms with Crippen LogP contribution < -0.4 is 21.2 Å². The molecule has 4 aromatic carbocycles. The van der Waals surface area contributed by atoms with Crippen LogP contribution in [0.1, 0.15) is 25.5 Å². The maximum Gasteiger partial charge on any atom is 0 e. The van der Waals surface area contributed by atoms with Crippen molar-refractivity contribution in [1.82, 2.24) is 5.32 Å². The Morgan fingerprint density at radius 3 is 1.72 bits per heavy atom. The van der Waals surface area contributed by atoms with Crippen molar-refractivity contribution < 1.29 is 17.1 Å². The molecule has 0 fully saturated rings. The Balaban J connectivity index is 0.000000437. The van der Waals surface area contributed by atoms with Gasteiger partial charge in [-0.1, -0.05) is 74.5 Å². The van der Waals surface area contributed by atoms with Gasteiger partial charge in [-0.25, -0.2) is 12.1 Å². The van der Waals surface area contributed by atoms with Crippen LogP contribution in [0.2, 0.25) is 0 Å². The Bertz CT molecular complexity index is 844. The van der Waals surface area contributed by atoms with Crippen molar-refractivity contribution in [3.63, 3.8) is 0 Å². The molecule has 1 N–H and O–H groups in total. The first kappa shape index (κ1) is 23.3. The van der Waals surface area contributed by atoms with Crippen LogP contribution in [-0.2, 0) is 17.1 Å². The summed E-state index contributed by atoms with van der Waals surface area (Å²) < 4.78 is 0. The van der Waals surface area contributed by atoms with Crippen LogP contribution in [0.5, 0.6) is 0 Å². The molecule has 0 saturated heterocycles. The fourth-order valence-corrected chi connectivity index (χ4v) is 5.87. The first-order chi connectivity index (χ1) is 13.8. The standard InChI is InChI=1S/C21H23NP.C5H5.Fe/c1-3-22-17(2)20-15-10-16-21(20)23(18-11-6-4-7-12-18)19-13-8-5-9-14-19;1-2-4-5-3-1;/h4-17,22H,3H2,1-2H3;1-5H;/q-1;-5;/t17-;;/m1../s1. The van der Waals surface area contributed by atoms with Crippen molar-refractivity contribution in [1.29, 1.82) is 0 Å². The van der Waals surface area contributed by atoms with Gasteiger partial charge in [0.05, 0.1) is 0 Å². The van der Waals surface area contributed by atoms with Crippen molar-refractivity contribution in [2.75, 3.05) is 6.54 Å². The van der Waals surface area contributed by atoms with Gasteiger partial charge in [0, 0.05) is 17.1 Å². The molecule has 156 valence electrons. The molecule has 0 radical (unpaired) electrons. The third-order valence-electron chi connectivity index (χ3n) is 4.63. The minimum atomic E-state index is -0.513. The van der Waals surface area contributed by atoms with Gasteiger partial charge in [0.25, 0.3) is 0 Å². The quantitative estimate of drug-likeness (QED) is 0.245. The van der Waals surface area contributed by atoms with Gasteiger partial charge < -0.3 is 35.6 Å². The number of hydrogen-bond acceptors (Lipinski definition) is 1. The zero-order chi connectivity index (χ0) is 19.6. The topological polar surface area (TPSA) is 12.0 Å². The molecule has 0 unspecified atom stereocenters. The monoisotopic (exact) mass is 441 g/mol. The van der Waals surface area contributed by atoms with E-state index in [4.69, 9.17) is 0 Å². The van der Waals surface area contributed by atoms with Crippen molar-refractivity contribution in [3.05, 3.63) is 115 Å². The van der Waals surface area contributed by atoms with E-state index in [0.29, 0.717) is 6.04 Å². The van der Waals surface area contributed by atoms with Crippen LogP contribution >= 0.6 is 7.92 Å². The molecule has 4 aromatic rings. The van der Waals surface area contributed by atoms with Crippen LogP contribution in [0.3, 0.4) is 0 Å². The molecule has 0 aliphatic carbocycles. The van der Waals surface area contributed by atoms with Crippen molar-refractivity contribution in [2.45, 2.75) is 19.9 Å². The summed E-state index contributed by atoms with van der Waals surface area (Å²) in [7, 11) is -0.513. The predicted octanol–water partition coefficient (Wildman–Crippen LogP) is 5.24. The molecule has 0 spiro atoms. The fraction of sp³-hybridized carbons (Fsp3) is 0.154. The Kier molecular flexibility index (Phi) is 10.1. The van der Waals surface area contributed by atoms with E-state index in [1.807, 2.05) is 30.3 Å². The average Bonchev–Trinajstić information content (AvgIpc) is 3.46. The summed E-state index contributed by atoms with van der Waals surface area (Å²) in [6.07, 6.45) is 0. The van der Waals surface area contributed by atoms with Gasteiger partial charge in [-0.15, -0.1) is 10.9 Å². The Morgan fingerprint density at radius 2 is 1.28 bits per heavy atom. The number of nitrogens with one attached hydrogen (secondary N) is 1. The molecule has 0 aromatic heterocycles. The summed E-state index contributed by atoms with van der Waals surface area (Å²) in [5, 5.41) is 7.83. The predicted molar refractivity (Wildman–Crippen MR) is 125 cm³/mol. The molecule has 0 aliphatic heterocycles.